The van der Waals surface area contributed by atoms with Crippen molar-refractivity contribution in [2.45, 2.75) is 64.7 Å². The van der Waals surface area contributed by atoms with Gasteiger partial charge in [-0.1, -0.05) is 55.8 Å². The van der Waals surface area contributed by atoms with Crippen LogP contribution in [0.2, 0.25) is 0 Å². The van der Waals surface area contributed by atoms with Crippen LogP contribution in [0.1, 0.15) is 40.8 Å². The number of methoxy groups -OCH3 is 1. The SMILES string of the molecule is COc1nc(N)nc2c1nc(I)n2[C@@H]1O[C@H](COc2ccc3ccccc3c2O[P+]([O-])=N[C@@H](C)C(=O)OCC(C)(C)C)[C@@H](O)[C@@]1(C)O. The Hall–Kier alpha value is -3.41. The largest absolute Gasteiger partial charge is 0.575 e. The molecule has 2 aromatic carbocycles. The zero-order chi connectivity index (χ0) is 34.3. The Kier molecular flexibility index (Phi) is 10.1. The van der Waals surface area contributed by atoms with E-state index in [4.69, 9.17) is 29.2 Å². The monoisotopic (exact) mass is 782 g/mol. The minimum absolute atomic E-state index is 0.0740. The maximum Gasteiger partial charge on any atom is 0.395 e. The van der Waals surface area contributed by atoms with E-state index in [2.05, 4.69) is 19.7 Å². The van der Waals surface area contributed by atoms with Crippen LogP contribution < -0.4 is 24.6 Å². The molecule has 1 fully saturated rings. The summed E-state index contributed by atoms with van der Waals surface area (Å²) in [5, 5.41) is 24.0. The summed E-state index contributed by atoms with van der Waals surface area (Å²) in [7, 11) is -1.31. The maximum absolute atomic E-state index is 13.1. The zero-order valence-corrected chi connectivity index (χ0v) is 29.6. The molecular formula is C30H36IN6O9P. The van der Waals surface area contributed by atoms with Gasteiger partial charge in [-0.3, -0.25) is 9.09 Å². The molecule has 1 unspecified atom stereocenters. The Labute approximate surface area is 285 Å². The zero-order valence-electron chi connectivity index (χ0n) is 26.6. The van der Waals surface area contributed by atoms with Crippen LogP contribution in [0.25, 0.3) is 21.9 Å². The number of anilines is 1. The van der Waals surface area contributed by atoms with Gasteiger partial charge in [0.15, 0.2) is 33.0 Å². The quantitative estimate of drug-likeness (QED) is 0.0913. The molecule has 15 nitrogen and oxygen atoms in total. The number of nitrogen functional groups attached to an aromatic ring is 1. The van der Waals surface area contributed by atoms with Gasteiger partial charge in [0.1, 0.15) is 24.4 Å². The van der Waals surface area contributed by atoms with E-state index in [0.717, 1.165) is 5.39 Å². The molecule has 0 saturated carbocycles. The van der Waals surface area contributed by atoms with Crippen molar-refractivity contribution in [3.05, 3.63) is 40.2 Å². The number of aliphatic hydroxyl groups is 2. The summed E-state index contributed by atoms with van der Waals surface area (Å²) in [5.41, 5.74) is 4.37. The number of imidazole rings is 1. The van der Waals surface area contributed by atoms with Crippen molar-refractivity contribution >= 4 is 64.6 Å². The summed E-state index contributed by atoms with van der Waals surface area (Å²) >= 11 is 1.95. The number of carbonyl (C=O) groups is 1. The summed E-state index contributed by atoms with van der Waals surface area (Å²) in [6.45, 7) is 8.62. The summed E-state index contributed by atoms with van der Waals surface area (Å²) in [5.74, 6) is -0.254. The van der Waals surface area contributed by atoms with Gasteiger partial charge >= 0.3 is 14.1 Å². The predicted molar refractivity (Wildman–Crippen MR) is 179 cm³/mol. The standard InChI is InChI=1S/C30H36IN6O9P/c1-15(25(39)44-14-29(2,3)4)36-47(41)46-21-17-10-8-7-9-16(17)11-12-18(21)43-13-19-22(38)30(5,40)26(45-19)37-23-20(33-27(37)31)24(42-6)35-28(32)34-23/h7-12,15,19,22,26,38,40H,13-14H2,1-6H3,(H2,32,34,35)/t15-,19+,22+,26+,30+/m0/s1. The summed E-state index contributed by atoms with van der Waals surface area (Å²) in [6, 6.07) is 9.60. The highest BCUT2D eigenvalue weighted by atomic mass is 127. The van der Waals surface area contributed by atoms with Crippen molar-refractivity contribution in [1.82, 2.24) is 19.5 Å². The number of nitrogens with two attached hydrogens (primary N) is 1. The lowest BCUT2D eigenvalue weighted by Crippen LogP contribution is -2.45. The van der Waals surface area contributed by atoms with Crippen LogP contribution in [0.15, 0.2) is 41.1 Å². The molecule has 17 heteroatoms. The first-order chi connectivity index (χ1) is 22.1. The van der Waals surface area contributed by atoms with Gasteiger partial charge in [0.05, 0.1) is 13.7 Å². The number of carbonyl (C=O) groups excluding carboxylic acids is 1. The topological polar surface area (TPSA) is 209 Å². The second-order valence-corrected chi connectivity index (χ2v) is 14.3. The van der Waals surface area contributed by atoms with Crippen molar-refractivity contribution < 1.29 is 43.4 Å². The average Bonchev–Trinajstić information content (AvgIpc) is 3.44. The first kappa shape index (κ1) is 34.9. The van der Waals surface area contributed by atoms with Gasteiger partial charge in [-0.05, 0) is 30.7 Å². The third-order valence-corrected chi connectivity index (χ3v) is 8.97. The Morgan fingerprint density at radius 3 is 2.68 bits per heavy atom. The molecule has 6 atom stereocenters. The normalized spacial score (nSPS) is 22.4. The smallest absolute Gasteiger partial charge is 0.395 e. The van der Waals surface area contributed by atoms with Crippen molar-refractivity contribution in [3.63, 3.8) is 0 Å². The Morgan fingerprint density at radius 2 is 1.98 bits per heavy atom. The molecule has 2 aromatic heterocycles. The maximum atomic E-state index is 13.1. The van der Waals surface area contributed by atoms with Gasteiger partial charge in [-0.15, -0.1) is 0 Å². The highest BCUT2D eigenvalue weighted by Gasteiger charge is 2.54. The summed E-state index contributed by atoms with van der Waals surface area (Å²) < 4.78 is 34.5. The van der Waals surface area contributed by atoms with E-state index in [0.29, 0.717) is 14.7 Å². The van der Waals surface area contributed by atoms with E-state index in [1.165, 1.54) is 25.5 Å². The summed E-state index contributed by atoms with van der Waals surface area (Å²) in [4.78, 5) is 38.3. The van der Waals surface area contributed by atoms with Gasteiger partial charge < -0.3 is 39.8 Å². The molecule has 4 N–H and O–H groups in total. The Balaban J connectivity index is 1.39. The number of nitrogens with zero attached hydrogens (tertiary/aromatic N) is 5. The Bertz CT molecular complexity index is 1830. The molecule has 4 aromatic rings. The van der Waals surface area contributed by atoms with Gasteiger partial charge in [0.2, 0.25) is 17.6 Å². The molecule has 0 spiro atoms. The van der Waals surface area contributed by atoms with Crippen LogP contribution in [-0.4, -0.2) is 79.9 Å². The van der Waals surface area contributed by atoms with Crippen molar-refractivity contribution in [2.75, 3.05) is 26.1 Å². The lowest BCUT2D eigenvalue weighted by atomic mass is 9.96. The van der Waals surface area contributed by atoms with Crippen LogP contribution in [0.5, 0.6) is 17.4 Å². The number of halogens is 1. The van der Waals surface area contributed by atoms with E-state index >= 15 is 0 Å². The van der Waals surface area contributed by atoms with E-state index in [1.807, 2.05) is 55.5 Å². The van der Waals surface area contributed by atoms with Crippen molar-refractivity contribution in [2.24, 2.45) is 10.2 Å². The molecule has 252 valence electrons. The van der Waals surface area contributed by atoms with Gasteiger partial charge in [-0.25, -0.2) is 9.78 Å². The van der Waals surface area contributed by atoms with Crippen molar-refractivity contribution in [3.8, 4) is 17.4 Å². The second-order valence-electron chi connectivity index (χ2n) is 12.4. The molecule has 0 bridgehead atoms. The fraction of sp³-hybridized carbons (Fsp3) is 0.467. The van der Waals surface area contributed by atoms with Crippen LogP contribution in [0.3, 0.4) is 0 Å². The van der Waals surface area contributed by atoms with E-state index in [1.54, 1.807) is 24.3 Å². The number of hydrogen-bond acceptors (Lipinski definition) is 14. The number of esters is 1. The van der Waals surface area contributed by atoms with Crippen LogP contribution in [-0.2, 0) is 14.3 Å². The number of aromatic nitrogens is 4. The fourth-order valence-corrected chi connectivity index (χ4v) is 6.43. The highest BCUT2D eigenvalue weighted by Crippen LogP contribution is 2.43. The molecule has 0 aliphatic carbocycles. The van der Waals surface area contributed by atoms with Crippen LogP contribution in [0.4, 0.5) is 5.95 Å². The predicted octanol–water partition coefficient (Wildman–Crippen LogP) is 3.48. The molecule has 1 saturated heterocycles. The van der Waals surface area contributed by atoms with E-state index in [-0.39, 0.29) is 47.6 Å². The lowest BCUT2D eigenvalue weighted by Gasteiger charge is -2.27. The number of rotatable bonds is 10. The molecule has 5 rings (SSSR count). The number of benzene rings is 2. The van der Waals surface area contributed by atoms with Gasteiger partial charge in [0, 0.05) is 28.0 Å². The first-order valence-electron chi connectivity index (χ1n) is 14.6. The lowest BCUT2D eigenvalue weighted by molar-refractivity contribution is -0.169. The number of aliphatic hydroxyl groups excluding tert-OH is 1. The van der Waals surface area contributed by atoms with E-state index < -0.39 is 44.2 Å². The average molecular weight is 783 g/mol. The first-order valence-corrected chi connectivity index (χ1v) is 16.8. The van der Waals surface area contributed by atoms with Crippen LogP contribution in [0, 0.1) is 9.25 Å². The molecule has 3 heterocycles. The molecule has 47 heavy (non-hydrogen) atoms. The molecule has 1 aliphatic rings. The minimum Gasteiger partial charge on any atom is -0.575 e. The molecular weight excluding hydrogens is 746 g/mol. The summed E-state index contributed by atoms with van der Waals surface area (Å²) in [6.07, 6.45) is -3.61. The van der Waals surface area contributed by atoms with Gasteiger partial charge in [0.25, 0.3) is 0 Å². The third-order valence-electron chi connectivity index (χ3n) is 7.34. The number of ether oxygens (including phenoxy) is 4. The highest BCUT2D eigenvalue weighted by molar-refractivity contribution is 14.1. The molecule has 0 amide bonds. The molecule has 1 aliphatic heterocycles. The van der Waals surface area contributed by atoms with Gasteiger partial charge in [-0.2, -0.15) is 9.97 Å². The minimum atomic E-state index is -2.73. The van der Waals surface area contributed by atoms with E-state index in [9.17, 15) is 19.9 Å². The second kappa shape index (κ2) is 13.6. The molecule has 0 radical (unpaired) electrons. The number of fused-ring (bicyclic) bond motifs is 2. The third kappa shape index (κ3) is 7.37. The van der Waals surface area contributed by atoms with Crippen molar-refractivity contribution in [1.29, 1.82) is 0 Å². The fourth-order valence-electron chi connectivity index (χ4n) is 4.94. The number of hydrogen-bond donors (Lipinski definition) is 3. The Morgan fingerprint density at radius 1 is 1.26 bits per heavy atom. The van der Waals surface area contributed by atoms with Crippen LogP contribution >= 0.6 is 30.8 Å².